The number of methoxy groups -OCH3 is 1. The molecule has 0 heterocycles. The third kappa shape index (κ3) is 5.18. The molecule has 110 valence electrons. The Hall–Kier alpha value is -1.60. The topological polar surface area (TPSA) is 80.2 Å². The van der Waals surface area contributed by atoms with E-state index in [1.165, 1.54) is 13.3 Å². The molecule has 6 nitrogen and oxygen atoms in total. The van der Waals surface area contributed by atoms with Crippen molar-refractivity contribution in [3.05, 3.63) is 22.2 Å². The lowest BCUT2D eigenvalue weighted by Gasteiger charge is -2.06. The maximum absolute atomic E-state index is 11.4. The van der Waals surface area contributed by atoms with E-state index in [0.29, 0.717) is 29.0 Å². The van der Waals surface area contributed by atoms with Crippen LogP contribution in [-0.2, 0) is 9.53 Å². The van der Waals surface area contributed by atoms with Crippen molar-refractivity contribution in [3.63, 3.8) is 0 Å². The third-order valence-corrected chi connectivity index (χ3v) is 2.96. The SMILES string of the molecule is CCOCCC(=O)N/N=C/c1cc(Br)c(O)c(OC)c1. The highest BCUT2D eigenvalue weighted by atomic mass is 79.9. The van der Waals surface area contributed by atoms with Crippen LogP contribution in [0.15, 0.2) is 21.7 Å². The molecule has 0 radical (unpaired) electrons. The lowest BCUT2D eigenvalue weighted by atomic mass is 10.2. The van der Waals surface area contributed by atoms with Crippen LogP contribution in [0.5, 0.6) is 11.5 Å². The van der Waals surface area contributed by atoms with Crippen molar-refractivity contribution in [2.45, 2.75) is 13.3 Å². The van der Waals surface area contributed by atoms with Crippen LogP contribution in [0.3, 0.4) is 0 Å². The van der Waals surface area contributed by atoms with E-state index in [4.69, 9.17) is 9.47 Å². The number of carbonyl (C=O) groups excluding carboxylic acids is 1. The molecular formula is C13H17BrN2O4. The highest BCUT2D eigenvalue weighted by Gasteiger charge is 2.07. The molecule has 0 bridgehead atoms. The Labute approximate surface area is 125 Å². The van der Waals surface area contributed by atoms with Crippen molar-refractivity contribution in [3.8, 4) is 11.5 Å². The molecule has 0 atom stereocenters. The molecule has 0 aliphatic heterocycles. The number of hydrogen-bond acceptors (Lipinski definition) is 5. The van der Waals surface area contributed by atoms with Crippen molar-refractivity contribution in [2.24, 2.45) is 5.10 Å². The number of hydrogen-bond donors (Lipinski definition) is 2. The molecule has 1 aromatic rings. The van der Waals surface area contributed by atoms with Gasteiger partial charge in [0, 0.05) is 6.61 Å². The van der Waals surface area contributed by atoms with Gasteiger partial charge >= 0.3 is 0 Å². The molecule has 20 heavy (non-hydrogen) atoms. The molecule has 0 aliphatic rings. The average Bonchev–Trinajstić information content (AvgIpc) is 2.42. The van der Waals surface area contributed by atoms with E-state index in [0.717, 1.165) is 0 Å². The number of phenols is 1. The Morgan fingerprint density at radius 1 is 1.55 bits per heavy atom. The van der Waals surface area contributed by atoms with Crippen molar-refractivity contribution < 1.29 is 19.4 Å². The second-order valence-electron chi connectivity index (χ2n) is 3.79. The van der Waals surface area contributed by atoms with Crippen molar-refractivity contribution in [1.29, 1.82) is 0 Å². The van der Waals surface area contributed by atoms with Crippen LogP contribution in [-0.4, -0.2) is 37.6 Å². The average molecular weight is 345 g/mol. The molecule has 0 spiro atoms. The van der Waals surface area contributed by atoms with Crippen molar-refractivity contribution in [1.82, 2.24) is 5.43 Å². The lowest BCUT2D eigenvalue weighted by Crippen LogP contribution is -2.19. The number of amides is 1. The number of benzene rings is 1. The fourth-order valence-corrected chi connectivity index (χ4v) is 1.83. The fourth-order valence-electron chi connectivity index (χ4n) is 1.37. The van der Waals surface area contributed by atoms with Crippen LogP contribution in [0.4, 0.5) is 0 Å². The molecule has 0 saturated heterocycles. The van der Waals surface area contributed by atoms with Gasteiger partial charge in [0.15, 0.2) is 11.5 Å². The molecule has 0 aliphatic carbocycles. The van der Waals surface area contributed by atoms with E-state index in [1.807, 2.05) is 6.92 Å². The summed E-state index contributed by atoms with van der Waals surface area (Å²) < 4.78 is 10.6. The van der Waals surface area contributed by atoms with E-state index < -0.39 is 0 Å². The summed E-state index contributed by atoms with van der Waals surface area (Å²) in [5.41, 5.74) is 3.07. The largest absolute Gasteiger partial charge is 0.503 e. The zero-order valence-corrected chi connectivity index (χ0v) is 12.9. The number of nitrogens with one attached hydrogen (secondary N) is 1. The zero-order chi connectivity index (χ0) is 15.0. The number of rotatable bonds is 7. The number of aromatic hydroxyl groups is 1. The van der Waals surface area contributed by atoms with Gasteiger partial charge in [0.05, 0.1) is 30.8 Å². The zero-order valence-electron chi connectivity index (χ0n) is 11.4. The first-order valence-electron chi connectivity index (χ1n) is 6.04. The molecule has 7 heteroatoms. The smallest absolute Gasteiger partial charge is 0.242 e. The molecule has 0 fully saturated rings. The Morgan fingerprint density at radius 2 is 2.30 bits per heavy atom. The molecule has 2 N–H and O–H groups in total. The highest BCUT2D eigenvalue weighted by molar-refractivity contribution is 9.10. The van der Waals surface area contributed by atoms with Crippen LogP contribution in [0.25, 0.3) is 0 Å². The van der Waals surface area contributed by atoms with E-state index in [2.05, 4.69) is 26.5 Å². The Bertz CT molecular complexity index is 492. The van der Waals surface area contributed by atoms with Crippen LogP contribution in [0, 0.1) is 0 Å². The van der Waals surface area contributed by atoms with E-state index in [9.17, 15) is 9.90 Å². The fraction of sp³-hybridized carbons (Fsp3) is 0.385. The number of nitrogens with zero attached hydrogens (tertiary/aromatic N) is 1. The third-order valence-electron chi connectivity index (χ3n) is 2.35. The molecule has 0 saturated carbocycles. The number of carbonyl (C=O) groups is 1. The predicted octanol–water partition coefficient (Wildman–Crippen LogP) is 2.04. The van der Waals surface area contributed by atoms with Gasteiger partial charge in [-0.05, 0) is 40.5 Å². The maximum Gasteiger partial charge on any atom is 0.242 e. The molecule has 1 aromatic carbocycles. The number of ether oxygens (including phenoxy) is 2. The normalized spacial score (nSPS) is 10.8. The monoisotopic (exact) mass is 344 g/mol. The summed E-state index contributed by atoms with van der Waals surface area (Å²) in [4.78, 5) is 11.4. The van der Waals surface area contributed by atoms with Crippen LogP contribution in [0.1, 0.15) is 18.9 Å². The summed E-state index contributed by atoms with van der Waals surface area (Å²) in [5.74, 6) is 0.119. The van der Waals surface area contributed by atoms with E-state index >= 15 is 0 Å². The van der Waals surface area contributed by atoms with Crippen LogP contribution in [0.2, 0.25) is 0 Å². The van der Waals surface area contributed by atoms with E-state index in [-0.39, 0.29) is 18.1 Å². The Balaban J connectivity index is 2.58. The van der Waals surface area contributed by atoms with Crippen LogP contribution < -0.4 is 10.2 Å². The second kappa shape index (κ2) is 8.55. The minimum absolute atomic E-state index is 0.0189. The van der Waals surface area contributed by atoms with Gasteiger partial charge in [0.1, 0.15) is 0 Å². The molecule has 0 unspecified atom stereocenters. The van der Waals surface area contributed by atoms with Gasteiger partial charge in [0.25, 0.3) is 0 Å². The van der Waals surface area contributed by atoms with Crippen molar-refractivity contribution in [2.75, 3.05) is 20.3 Å². The predicted molar refractivity (Wildman–Crippen MR) is 79.2 cm³/mol. The number of halogens is 1. The molecule has 1 amide bonds. The molecule has 1 rings (SSSR count). The summed E-state index contributed by atoms with van der Waals surface area (Å²) in [6.45, 7) is 2.82. The highest BCUT2D eigenvalue weighted by Crippen LogP contribution is 2.34. The van der Waals surface area contributed by atoms with Crippen molar-refractivity contribution >= 4 is 28.1 Å². The summed E-state index contributed by atoms with van der Waals surface area (Å²) in [6, 6.07) is 3.27. The quantitative estimate of drug-likeness (QED) is 0.450. The first-order chi connectivity index (χ1) is 9.58. The summed E-state index contributed by atoms with van der Waals surface area (Å²) in [7, 11) is 1.46. The maximum atomic E-state index is 11.4. The first-order valence-corrected chi connectivity index (χ1v) is 6.84. The second-order valence-corrected chi connectivity index (χ2v) is 4.65. The summed E-state index contributed by atoms with van der Waals surface area (Å²) in [6.07, 6.45) is 1.72. The van der Waals surface area contributed by atoms with Crippen LogP contribution >= 0.6 is 15.9 Å². The van der Waals surface area contributed by atoms with Gasteiger partial charge in [-0.1, -0.05) is 0 Å². The minimum Gasteiger partial charge on any atom is -0.503 e. The van der Waals surface area contributed by atoms with Gasteiger partial charge in [0.2, 0.25) is 5.91 Å². The van der Waals surface area contributed by atoms with Gasteiger partial charge in [-0.25, -0.2) is 5.43 Å². The standard InChI is InChI=1S/C13H17BrN2O4/c1-3-20-5-4-12(17)16-15-8-9-6-10(14)13(18)11(7-9)19-2/h6-8,18H,3-5H2,1-2H3,(H,16,17)/b15-8+. The minimum atomic E-state index is -0.223. The summed E-state index contributed by atoms with van der Waals surface area (Å²) in [5, 5.41) is 13.5. The van der Waals surface area contributed by atoms with Gasteiger partial charge < -0.3 is 14.6 Å². The summed E-state index contributed by atoms with van der Waals surface area (Å²) >= 11 is 3.21. The molecular weight excluding hydrogens is 328 g/mol. The van der Waals surface area contributed by atoms with E-state index in [1.54, 1.807) is 12.1 Å². The Kier molecular flexibility index (Phi) is 7.03. The lowest BCUT2D eigenvalue weighted by molar-refractivity contribution is -0.122. The Morgan fingerprint density at radius 3 is 2.95 bits per heavy atom. The molecule has 0 aromatic heterocycles. The van der Waals surface area contributed by atoms with Gasteiger partial charge in [-0.3, -0.25) is 4.79 Å². The van der Waals surface area contributed by atoms with Gasteiger partial charge in [-0.15, -0.1) is 0 Å². The number of hydrazone groups is 1. The van der Waals surface area contributed by atoms with Gasteiger partial charge in [-0.2, -0.15) is 5.10 Å². The number of phenolic OH excluding ortho intramolecular Hbond substituents is 1. The first kappa shape index (κ1) is 16.5.